The molecule has 0 unspecified atom stereocenters. The molecule has 0 fully saturated rings. The summed E-state index contributed by atoms with van der Waals surface area (Å²) in [5, 5.41) is 0. The van der Waals surface area contributed by atoms with Crippen LogP contribution in [0.2, 0.25) is 0 Å². The fraction of sp³-hybridized carbons (Fsp3) is 0.250. The number of nitrogens with zero attached hydrogens (tertiary/aromatic N) is 1. The number of carbonyl (C=O) groups excluding carboxylic acids is 1. The van der Waals surface area contributed by atoms with Gasteiger partial charge in [-0.05, 0) is 6.07 Å². The van der Waals surface area contributed by atoms with Gasteiger partial charge < -0.3 is 0 Å². The molecular formula is C8H7ClFNO. The first-order chi connectivity index (χ1) is 5.63. The molecule has 0 radical (unpaired) electrons. The van der Waals surface area contributed by atoms with Gasteiger partial charge in [0.1, 0.15) is 11.5 Å². The molecule has 1 aromatic rings. The second kappa shape index (κ2) is 3.63. The quantitative estimate of drug-likeness (QED) is 0.525. The van der Waals surface area contributed by atoms with Crippen molar-refractivity contribution in [2.24, 2.45) is 0 Å². The van der Waals surface area contributed by atoms with Crippen LogP contribution in [0.5, 0.6) is 0 Å². The number of carbonyl (C=O) groups is 1. The lowest BCUT2D eigenvalue weighted by Crippen LogP contribution is -2.00. The van der Waals surface area contributed by atoms with Crippen LogP contribution in [0.15, 0.2) is 12.1 Å². The number of alkyl halides is 1. The van der Waals surface area contributed by atoms with Gasteiger partial charge in [-0.3, -0.25) is 4.79 Å². The lowest BCUT2D eigenvalue weighted by Gasteiger charge is -1.98. The van der Waals surface area contributed by atoms with Crippen LogP contribution < -0.4 is 0 Å². The van der Waals surface area contributed by atoms with E-state index in [-0.39, 0.29) is 17.4 Å². The minimum Gasteiger partial charge on any atom is -0.293 e. The normalized spacial score (nSPS) is 9.92. The maximum absolute atomic E-state index is 12.7. The van der Waals surface area contributed by atoms with Gasteiger partial charge in [0.15, 0.2) is 5.78 Å². The van der Waals surface area contributed by atoms with Crippen LogP contribution in [0.4, 0.5) is 4.39 Å². The second-order valence-corrected chi connectivity index (χ2v) is 2.62. The highest BCUT2D eigenvalue weighted by Gasteiger charge is 2.05. The predicted octanol–water partition coefficient (Wildman–Crippen LogP) is 2.16. The van der Waals surface area contributed by atoms with Gasteiger partial charge in [-0.25, -0.2) is 9.37 Å². The largest absolute Gasteiger partial charge is 0.293 e. The summed E-state index contributed by atoms with van der Waals surface area (Å²) in [7, 11) is 0. The zero-order chi connectivity index (χ0) is 9.14. The molecule has 0 amide bonds. The highest BCUT2D eigenvalue weighted by atomic mass is 35.5. The third-order valence-corrected chi connectivity index (χ3v) is 1.61. The molecule has 0 aromatic carbocycles. The van der Waals surface area contributed by atoms with Crippen LogP contribution in [0.3, 0.4) is 0 Å². The van der Waals surface area contributed by atoms with Crippen molar-refractivity contribution in [2.75, 3.05) is 0 Å². The first-order valence-electron chi connectivity index (χ1n) is 3.37. The lowest BCUT2D eigenvalue weighted by atomic mass is 10.2. The highest BCUT2D eigenvalue weighted by Crippen LogP contribution is 2.07. The zero-order valence-electron chi connectivity index (χ0n) is 6.47. The molecule has 64 valence electrons. The fourth-order valence-corrected chi connectivity index (χ4v) is 0.936. The Morgan fingerprint density at radius 3 is 2.83 bits per heavy atom. The predicted molar refractivity (Wildman–Crippen MR) is 43.8 cm³/mol. The molecule has 4 heteroatoms. The van der Waals surface area contributed by atoms with Crippen molar-refractivity contribution >= 4 is 17.4 Å². The first-order valence-corrected chi connectivity index (χ1v) is 3.90. The molecule has 0 atom stereocenters. The maximum atomic E-state index is 12.7. The summed E-state index contributed by atoms with van der Waals surface area (Å²) >= 11 is 5.44. The van der Waals surface area contributed by atoms with Crippen molar-refractivity contribution in [3.05, 3.63) is 29.3 Å². The van der Waals surface area contributed by atoms with E-state index in [0.29, 0.717) is 5.69 Å². The van der Waals surface area contributed by atoms with Crippen molar-refractivity contribution in [3.63, 3.8) is 0 Å². The Morgan fingerprint density at radius 2 is 2.33 bits per heavy atom. The SMILES string of the molecule is CC(=O)c1cc(F)cc(CCl)n1. The molecule has 0 saturated heterocycles. The van der Waals surface area contributed by atoms with E-state index in [4.69, 9.17) is 11.6 Å². The van der Waals surface area contributed by atoms with Gasteiger partial charge in [-0.15, -0.1) is 11.6 Å². The molecule has 0 bridgehead atoms. The number of rotatable bonds is 2. The Balaban J connectivity index is 3.15. The van der Waals surface area contributed by atoms with Crippen LogP contribution in [0.25, 0.3) is 0 Å². The second-order valence-electron chi connectivity index (χ2n) is 2.35. The standard InChI is InChI=1S/C8H7ClFNO/c1-5(12)8-3-6(10)2-7(4-9)11-8/h2-3H,4H2,1H3. The molecule has 1 aromatic heterocycles. The molecule has 0 aliphatic heterocycles. The number of Topliss-reactive ketones (excluding diaryl/α,β-unsaturated/α-hetero) is 1. The summed E-state index contributed by atoms with van der Waals surface area (Å²) < 4.78 is 12.7. The van der Waals surface area contributed by atoms with Crippen LogP contribution in [-0.4, -0.2) is 10.8 Å². The van der Waals surface area contributed by atoms with E-state index in [1.165, 1.54) is 13.0 Å². The number of aromatic nitrogens is 1. The lowest BCUT2D eigenvalue weighted by molar-refractivity contribution is 0.101. The smallest absolute Gasteiger partial charge is 0.178 e. The van der Waals surface area contributed by atoms with Crippen molar-refractivity contribution in [1.82, 2.24) is 4.98 Å². The van der Waals surface area contributed by atoms with E-state index in [0.717, 1.165) is 6.07 Å². The minimum absolute atomic E-state index is 0.109. The monoisotopic (exact) mass is 187 g/mol. The molecule has 0 aliphatic rings. The van der Waals surface area contributed by atoms with Gasteiger partial charge in [0.2, 0.25) is 0 Å². The summed E-state index contributed by atoms with van der Waals surface area (Å²) in [6.45, 7) is 1.33. The average Bonchev–Trinajstić information content (AvgIpc) is 2.03. The molecule has 0 saturated carbocycles. The van der Waals surface area contributed by atoms with Gasteiger partial charge in [-0.1, -0.05) is 0 Å². The third-order valence-electron chi connectivity index (χ3n) is 1.34. The number of ketones is 1. The Hall–Kier alpha value is -0.960. The summed E-state index contributed by atoms with van der Waals surface area (Å²) in [5.74, 6) is -0.635. The number of pyridine rings is 1. The minimum atomic E-state index is -0.481. The van der Waals surface area contributed by atoms with Gasteiger partial charge >= 0.3 is 0 Å². The van der Waals surface area contributed by atoms with Crippen LogP contribution >= 0.6 is 11.6 Å². The summed E-state index contributed by atoms with van der Waals surface area (Å²) in [5.41, 5.74) is 0.493. The maximum Gasteiger partial charge on any atom is 0.178 e. The van der Waals surface area contributed by atoms with Gasteiger partial charge in [0, 0.05) is 13.0 Å². The Morgan fingerprint density at radius 1 is 1.67 bits per heavy atom. The van der Waals surface area contributed by atoms with Crippen LogP contribution in [0.1, 0.15) is 23.1 Å². The van der Waals surface area contributed by atoms with Gasteiger partial charge in [0.25, 0.3) is 0 Å². The Labute approximate surface area is 74.4 Å². The van der Waals surface area contributed by atoms with Crippen LogP contribution in [0, 0.1) is 5.82 Å². The van der Waals surface area contributed by atoms with E-state index in [9.17, 15) is 9.18 Å². The summed E-state index contributed by atoms with van der Waals surface area (Å²) in [4.78, 5) is 14.6. The van der Waals surface area contributed by atoms with Crippen LogP contribution in [-0.2, 0) is 5.88 Å². The summed E-state index contributed by atoms with van der Waals surface area (Å²) in [6.07, 6.45) is 0. The number of halogens is 2. The molecule has 1 rings (SSSR count). The summed E-state index contributed by atoms with van der Waals surface area (Å²) in [6, 6.07) is 2.30. The molecule has 0 aliphatic carbocycles. The van der Waals surface area contributed by atoms with E-state index in [1.54, 1.807) is 0 Å². The molecular weight excluding hydrogens is 181 g/mol. The van der Waals surface area contributed by atoms with E-state index < -0.39 is 5.82 Å². The third kappa shape index (κ3) is 2.01. The van der Waals surface area contributed by atoms with Crippen molar-refractivity contribution < 1.29 is 9.18 Å². The number of hydrogen-bond acceptors (Lipinski definition) is 2. The van der Waals surface area contributed by atoms with E-state index in [2.05, 4.69) is 4.98 Å². The van der Waals surface area contributed by atoms with E-state index >= 15 is 0 Å². The molecule has 2 nitrogen and oxygen atoms in total. The molecule has 1 heterocycles. The highest BCUT2D eigenvalue weighted by molar-refractivity contribution is 6.16. The van der Waals surface area contributed by atoms with Crippen molar-refractivity contribution in [2.45, 2.75) is 12.8 Å². The number of hydrogen-bond donors (Lipinski definition) is 0. The van der Waals surface area contributed by atoms with Gasteiger partial charge in [0.05, 0.1) is 11.6 Å². The molecule has 12 heavy (non-hydrogen) atoms. The first kappa shape index (κ1) is 9.13. The zero-order valence-corrected chi connectivity index (χ0v) is 7.23. The Bertz CT molecular complexity index is 314. The molecule has 0 N–H and O–H groups in total. The topological polar surface area (TPSA) is 30.0 Å². The fourth-order valence-electron chi connectivity index (χ4n) is 0.800. The molecule has 0 spiro atoms. The van der Waals surface area contributed by atoms with Gasteiger partial charge in [-0.2, -0.15) is 0 Å². The van der Waals surface area contributed by atoms with Crippen molar-refractivity contribution in [1.29, 1.82) is 0 Å². The Kier molecular flexibility index (Phi) is 2.76. The average molecular weight is 188 g/mol. The van der Waals surface area contributed by atoms with Crippen molar-refractivity contribution in [3.8, 4) is 0 Å². The van der Waals surface area contributed by atoms with E-state index in [1.807, 2.05) is 0 Å².